The molecule has 34 valence electrons. The van der Waals surface area contributed by atoms with Crippen molar-refractivity contribution in [1.82, 2.24) is 0 Å². The second-order valence-electron chi connectivity index (χ2n) is 0.260. The van der Waals surface area contributed by atoms with E-state index < -0.39 is 11.4 Å². The fourth-order valence-electron chi connectivity index (χ4n) is 0. The molecule has 0 heterocycles. The normalized spacial score (nSPS) is 12.5. The molecular formula is IrNaO3S. The van der Waals surface area contributed by atoms with Gasteiger partial charge in [-0.2, -0.15) is 0 Å². The Hall–Kier alpha value is 1.72. The molecule has 0 aromatic heterocycles. The second-order valence-corrected chi connectivity index (χ2v) is 1.98. The fourth-order valence-corrected chi connectivity index (χ4v) is 0. The van der Waals surface area contributed by atoms with Crippen LogP contribution < -0.4 is 29.6 Å². The van der Waals surface area contributed by atoms with E-state index in [0.717, 1.165) is 19.3 Å². The van der Waals surface area contributed by atoms with Gasteiger partial charge in [0.25, 0.3) is 0 Å². The first-order valence-corrected chi connectivity index (χ1v) is 2.61. The van der Waals surface area contributed by atoms with Gasteiger partial charge in [0.2, 0.25) is 0 Å². The monoisotopic (exact) mass is 296 g/mol. The van der Waals surface area contributed by atoms with Crippen molar-refractivity contribution in [3.8, 4) is 0 Å². The summed E-state index contributed by atoms with van der Waals surface area (Å²) in [7, 11) is 0. The van der Waals surface area contributed by atoms with Crippen LogP contribution in [-0.2, 0) is 33.6 Å². The van der Waals surface area contributed by atoms with E-state index in [1.54, 1.807) is 0 Å². The third kappa shape index (κ3) is 9.21. The topological polar surface area (TPSA) is 49.4 Å². The number of hydrogen-bond donors (Lipinski definition) is 0. The molecule has 0 saturated carbocycles. The molecule has 0 aromatic carbocycles. The SMILES string of the molecule is O=S([O-])[O][Ir].[Na+]. The standard InChI is InChI=1S/Ir.Na.H2O3S/c;;1-4(2)3/h;;(H2,1,2,3)/q2*+1;/p-2. The Labute approximate surface area is 71.2 Å². The van der Waals surface area contributed by atoms with E-state index >= 15 is 0 Å². The minimum atomic E-state index is -2.32. The van der Waals surface area contributed by atoms with Crippen LogP contribution in [0.5, 0.6) is 0 Å². The smallest absolute Gasteiger partial charge is 1.00 e. The molecular weight excluding hydrogens is 295 g/mol. The second kappa shape index (κ2) is 6.72. The zero-order valence-corrected chi connectivity index (χ0v) is 8.18. The predicted molar refractivity (Wildman–Crippen MR) is 10.0 cm³/mol. The van der Waals surface area contributed by atoms with Gasteiger partial charge in [0.1, 0.15) is 0 Å². The van der Waals surface area contributed by atoms with Crippen molar-refractivity contribution in [3.63, 3.8) is 0 Å². The summed E-state index contributed by atoms with van der Waals surface area (Å²) in [6.07, 6.45) is 0. The van der Waals surface area contributed by atoms with Gasteiger partial charge in [0, 0.05) is 0 Å². The zero-order valence-electron chi connectivity index (χ0n) is 2.97. The Balaban J connectivity index is 0. The Kier molecular flexibility index (Phi) is 11.9. The van der Waals surface area contributed by atoms with Crippen LogP contribution in [0.25, 0.3) is 0 Å². The van der Waals surface area contributed by atoms with Crippen molar-refractivity contribution in [1.29, 1.82) is 0 Å². The molecule has 6 heteroatoms. The van der Waals surface area contributed by atoms with Crippen LogP contribution in [0.15, 0.2) is 0 Å². The average molecular weight is 295 g/mol. The molecule has 6 heavy (non-hydrogen) atoms. The van der Waals surface area contributed by atoms with Crippen molar-refractivity contribution in [3.05, 3.63) is 0 Å². The van der Waals surface area contributed by atoms with Crippen LogP contribution in [0.1, 0.15) is 0 Å². The van der Waals surface area contributed by atoms with E-state index in [4.69, 9.17) is 8.76 Å². The van der Waals surface area contributed by atoms with Crippen molar-refractivity contribution in [2.45, 2.75) is 0 Å². The van der Waals surface area contributed by atoms with Crippen LogP contribution in [0.3, 0.4) is 0 Å². The van der Waals surface area contributed by atoms with Gasteiger partial charge in [0.05, 0.1) is 0 Å². The molecule has 3 nitrogen and oxygen atoms in total. The first-order valence-electron chi connectivity index (χ1n) is 0.636. The van der Waals surface area contributed by atoms with Gasteiger partial charge in [-0.25, -0.2) is 0 Å². The molecule has 1 unspecified atom stereocenters. The van der Waals surface area contributed by atoms with Crippen LogP contribution in [0, 0.1) is 0 Å². The molecule has 0 spiro atoms. The van der Waals surface area contributed by atoms with Gasteiger partial charge in [-0.05, 0) is 0 Å². The summed E-state index contributed by atoms with van der Waals surface area (Å²) < 4.78 is 22.0. The van der Waals surface area contributed by atoms with Gasteiger partial charge < -0.3 is 0 Å². The summed E-state index contributed by atoms with van der Waals surface area (Å²) in [4.78, 5) is 0. The van der Waals surface area contributed by atoms with Crippen LogP contribution >= 0.6 is 0 Å². The summed E-state index contributed by atoms with van der Waals surface area (Å²) in [6, 6.07) is 0. The Morgan fingerprint density at radius 1 is 1.83 bits per heavy atom. The minimum absolute atomic E-state index is 0. The number of hydrogen-bond acceptors (Lipinski definition) is 3. The molecule has 1 atom stereocenters. The molecule has 0 saturated heterocycles. The fraction of sp³-hybridized carbons (Fsp3) is 0. The first kappa shape index (κ1) is 10.7. The summed E-state index contributed by atoms with van der Waals surface area (Å²) in [6.45, 7) is 0. The Morgan fingerprint density at radius 2 is 2.00 bits per heavy atom. The van der Waals surface area contributed by atoms with Gasteiger partial charge in [0.15, 0.2) is 0 Å². The summed E-state index contributed by atoms with van der Waals surface area (Å²) in [5.41, 5.74) is 0. The van der Waals surface area contributed by atoms with E-state index in [1.807, 2.05) is 0 Å². The molecule has 0 aliphatic heterocycles. The van der Waals surface area contributed by atoms with Gasteiger partial charge in [-0.15, -0.1) is 0 Å². The third-order valence-electron chi connectivity index (χ3n) is 0.0454. The molecule has 0 fully saturated rings. The molecule has 0 rings (SSSR count). The molecule has 0 radical (unpaired) electrons. The zero-order chi connectivity index (χ0) is 4.28. The summed E-state index contributed by atoms with van der Waals surface area (Å²) >= 11 is -1.24. The summed E-state index contributed by atoms with van der Waals surface area (Å²) in [5.74, 6) is 0. The maximum Gasteiger partial charge on any atom is 1.00 e. The molecule has 0 N–H and O–H groups in total. The van der Waals surface area contributed by atoms with E-state index in [1.165, 1.54) is 0 Å². The van der Waals surface area contributed by atoms with Crippen molar-refractivity contribution < 1.29 is 60.5 Å². The minimum Gasteiger partial charge on any atom is 1.00 e. The van der Waals surface area contributed by atoms with E-state index in [0.29, 0.717) is 0 Å². The first-order chi connectivity index (χ1) is 2.27. The maximum absolute atomic E-state index is 9.15. The number of rotatable bonds is 1. The largest absolute Gasteiger partial charge is 1.00 e. The van der Waals surface area contributed by atoms with Gasteiger partial charge in [-0.1, -0.05) is 0 Å². The Bertz CT molecular complexity index is 46.1. The van der Waals surface area contributed by atoms with Crippen LogP contribution in [0.2, 0.25) is 0 Å². The molecule has 0 amide bonds. The van der Waals surface area contributed by atoms with E-state index in [2.05, 4.69) is 2.94 Å². The summed E-state index contributed by atoms with van der Waals surface area (Å²) in [5, 5.41) is 0. The van der Waals surface area contributed by atoms with E-state index in [9.17, 15) is 0 Å². The molecule has 0 aliphatic carbocycles. The Morgan fingerprint density at radius 3 is 2.00 bits per heavy atom. The van der Waals surface area contributed by atoms with Crippen molar-refractivity contribution >= 4 is 11.4 Å². The van der Waals surface area contributed by atoms with Gasteiger partial charge >= 0.3 is 71.9 Å². The van der Waals surface area contributed by atoms with Crippen LogP contribution in [0.4, 0.5) is 0 Å². The van der Waals surface area contributed by atoms with Gasteiger partial charge in [-0.3, -0.25) is 0 Å². The molecule has 0 aliphatic rings. The third-order valence-corrected chi connectivity index (χ3v) is 1.11. The average Bonchev–Trinajstić information content (AvgIpc) is 1.38. The van der Waals surface area contributed by atoms with Crippen LogP contribution in [-0.4, -0.2) is 8.76 Å². The maximum atomic E-state index is 9.15. The van der Waals surface area contributed by atoms with E-state index in [-0.39, 0.29) is 29.6 Å². The van der Waals surface area contributed by atoms with Crippen molar-refractivity contribution in [2.75, 3.05) is 0 Å². The van der Waals surface area contributed by atoms with Crippen molar-refractivity contribution in [2.24, 2.45) is 0 Å². The predicted octanol–water partition coefficient (Wildman–Crippen LogP) is -3.74. The molecule has 0 aromatic rings. The molecule has 0 bridgehead atoms. The quantitative estimate of drug-likeness (QED) is 0.369.